The Labute approximate surface area is 86.0 Å². The third kappa shape index (κ3) is 2.86. The van der Waals surface area contributed by atoms with Crippen molar-refractivity contribution in [3.8, 4) is 0 Å². The summed E-state index contributed by atoms with van der Waals surface area (Å²) in [6, 6.07) is 0. The fourth-order valence-corrected chi connectivity index (χ4v) is 1.69. The van der Waals surface area contributed by atoms with Gasteiger partial charge >= 0.3 is 0 Å². The molecule has 0 atom stereocenters. The summed E-state index contributed by atoms with van der Waals surface area (Å²) in [7, 11) is 3.50. The van der Waals surface area contributed by atoms with Crippen LogP contribution in [0.15, 0.2) is 10.4 Å². The van der Waals surface area contributed by atoms with Crippen molar-refractivity contribution in [2.45, 2.75) is 5.88 Å². The van der Waals surface area contributed by atoms with Crippen molar-refractivity contribution in [1.82, 2.24) is 10.3 Å². The maximum atomic E-state index is 5.62. The first kappa shape index (κ1) is 10.3. The van der Waals surface area contributed by atoms with Crippen LogP contribution in [0.4, 0.5) is 5.13 Å². The Morgan fingerprint density at radius 3 is 3.00 bits per heavy atom. The van der Waals surface area contributed by atoms with Crippen LogP contribution in [0.25, 0.3) is 0 Å². The Hall–Kier alpha value is -0.810. The number of thiazole rings is 1. The number of hydrogen-bond donors (Lipinski definition) is 2. The fourth-order valence-electron chi connectivity index (χ4n) is 0.757. The van der Waals surface area contributed by atoms with Crippen LogP contribution in [0.2, 0.25) is 0 Å². The molecule has 0 aliphatic heterocycles. The van der Waals surface area contributed by atoms with Crippen molar-refractivity contribution in [1.29, 1.82) is 0 Å². The first-order chi connectivity index (χ1) is 6.30. The molecule has 0 bridgehead atoms. The molecule has 2 N–H and O–H groups in total. The van der Waals surface area contributed by atoms with Gasteiger partial charge in [0.1, 0.15) is 0 Å². The van der Waals surface area contributed by atoms with Crippen LogP contribution in [0.1, 0.15) is 5.69 Å². The molecule has 0 amide bonds. The van der Waals surface area contributed by atoms with E-state index in [2.05, 4.69) is 20.6 Å². The van der Waals surface area contributed by atoms with Crippen molar-refractivity contribution < 1.29 is 0 Å². The maximum absolute atomic E-state index is 5.62. The lowest BCUT2D eigenvalue weighted by atomic mass is 10.6. The van der Waals surface area contributed by atoms with Gasteiger partial charge in [-0.05, 0) is 0 Å². The third-order valence-corrected chi connectivity index (χ3v) is 2.45. The zero-order valence-corrected chi connectivity index (χ0v) is 9.04. The summed E-state index contributed by atoms with van der Waals surface area (Å²) in [5, 5.41) is 8.63. The largest absolute Gasteiger partial charge is 0.359 e. The van der Waals surface area contributed by atoms with E-state index < -0.39 is 0 Å². The number of guanidine groups is 1. The second-order valence-electron chi connectivity index (χ2n) is 2.22. The number of alkyl halides is 1. The van der Waals surface area contributed by atoms with Gasteiger partial charge in [0.05, 0.1) is 11.6 Å². The second-order valence-corrected chi connectivity index (χ2v) is 3.35. The van der Waals surface area contributed by atoms with E-state index in [1.807, 2.05) is 5.38 Å². The van der Waals surface area contributed by atoms with Gasteiger partial charge in [0, 0.05) is 19.5 Å². The number of aliphatic imine (C=N–C) groups is 1. The monoisotopic (exact) mass is 218 g/mol. The predicted molar refractivity (Wildman–Crippen MR) is 57.7 cm³/mol. The summed E-state index contributed by atoms with van der Waals surface area (Å²) in [6.45, 7) is 0. The van der Waals surface area contributed by atoms with Crippen LogP contribution >= 0.6 is 22.9 Å². The summed E-state index contributed by atoms with van der Waals surface area (Å²) in [6.07, 6.45) is 0. The number of nitrogens with one attached hydrogen (secondary N) is 2. The highest BCUT2D eigenvalue weighted by molar-refractivity contribution is 7.14. The van der Waals surface area contributed by atoms with Gasteiger partial charge in [-0.25, -0.2) is 4.98 Å². The van der Waals surface area contributed by atoms with E-state index in [-0.39, 0.29) is 0 Å². The molecule has 0 fully saturated rings. The molecule has 1 rings (SSSR count). The summed E-state index contributed by atoms with van der Waals surface area (Å²) >= 11 is 7.12. The number of halogens is 1. The van der Waals surface area contributed by atoms with E-state index in [1.54, 1.807) is 14.1 Å². The first-order valence-corrected chi connectivity index (χ1v) is 5.13. The second kappa shape index (κ2) is 5.04. The van der Waals surface area contributed by atoms with Crippen LogP contribution < -0.4 is 10.6 Å². The molecule has 72 valence electrons. The molecule has 0 saturated carbocycles. The Morgan fingerprint density at radius 1 is 1.77 bits per heavy atom. The molecule has 13 heavy (non-hydrogen) atoms. The molecule has 0 spiro atoms. The van der Waals surface area contributed by atoms with Gasteiger partial charge in [-0.2, -0.15) is 0 Å². The van der Waals surface area contributed by atoms with Crippen molar-refractivity contribution >= 4 is 34.0 Å². The average molecular weight is 219 g/mol. The lowest BCUT2D eigenvalue weighted by Gasteiger charge is -2.03. The maximum Gasteiger partial charge on any atom is 0.197 e. The molecule has 6 heteroatoms. The van der Waals surface area contributed by atoms with Gasteiger partial charge in [-0.3, -0.25) is 4.99 Å². The highest BCUT2D eigenvalue weighted by Gasteiger charge is 2.01. The topological polar surface area (TPSA) is 49.3 Å². The number of anilines is 1. The van der Waals surface area contributed by atoms with Gasteiger partial charge in [0.15, 0.2) is 11.1 Å². The van der Waals surface area contributed by atoms with E-state index in [9.17, 15) is 0 Å². The van der Waals surface area contributed by atoms with Crippen LogP contribution in [0.5, 0.6) is 0 Å². The van der Waals surface area contributed by atoms with E-state index >= 15 is 0 Å². The smallest absolute Gasteiger partial charge is 0.197 e. The van der Waals surface area contributed by atoms with Gasteiger partial charge in [0.2, 0.25) is 0 Å². The minimum Gasteiger partial charge on any atom is -0.359 e. The molecule has 1 heterocycles. The van der Waals surface area contributed by atoms with Gasteiger partial charge < -0.3 is 10.6 Å². The van der Waals surface area contributed by atoms with Gasteiger partial charge in [-0.15, -0.1) is 22.9 Å². The zero-order chi connectivity index (χ0) is 9.68. The quantitative estimate of drug-likeness (QED) is 0.449. The number of aromatic nitrogens is 1. The van der Waals surface area contributed by atoms with Crippen LogP contribution in [0.3, 0.4) is 0 Å². The predicted octanol–water partition coefficient (Wildman–Crippen LogP) is 1.50. The summed E-state index contributed by atoms with van der Waals surface area (Å²) in [4.78, 5) is 8.18. The minimum absolute atomic E-state index is 0.441. The Balaban J connectivity index is 2.63. The summed E-state index contributed by atoms with van der Waals surface area (Å²) < 4.78 is 0. The van der Waals surface area contributed by atoms with Crippen molar-refractivity contribution in [2.75, 3.05) is 19.4 Å². The first-order valence-electron chi connectivity index (χ1n) is 3.72. The molecule has 0 aromatic carbocycles. The Kier molecular flexibility index (Phi) is 3.98. The van der Waals surface area contributed by atoms with Crippen LogP contribution in [-0.2, 0) is 5.88 Å². The molecule has 0 saturated heterocycles. The van der Waals surface area contributed by atoms with E-state index in [0.717, 1.165) is 10.8 Å². The fraction of sp³-hybridized carbons (Fsp3) is 0.429. The van der Waals surface area contributed by atoms with Crippen molar-refractivity contribution in [3.05, 3.63) is 11.1 Å². The van der Waals surface area contributed by atoms with Crippen LogP contribution in [0, 0.1) is 0 Å². The lowest BCUT2D eigenvalue weighted by Crippen LogP contribution is -2.26. The molecule has 0 radical (unpaired) electrons. The van der Waals surface area contributed by atoms with Gasteiger partial charge in [-0.1, -0.05) is 0 Å². The van der Waals surface area contributed by atoms with Crippen LogP contribution in [-0.4, -0.2) is 25.0 Å². The lowest BCUT2D eigenvalue weighted by molar-refractivity contribution is 1.13. The average Bonchev–Trinajstić information content (AvgIpc) is 2.61. The highest BCUT2D eigenvalue weighted by atomic mass is 35.5. The van der Waals surface area contributed by atoms with E-state index in [4.69, 9.17) is 11.6 Å². The Morgan fingerprint density at radius 2 is 2.54 bits per heavy atom. The van der Waals surface area contributed by atoms with E-state index in [1.165, 1.54) is 11.3 Å². The normalized spacial score (nSPS) is 11.5. The zero-order valence-electron chi connectivity index (χ0n) is 7.47. The molecular formula is C7H11ClN4S. The molecule has 0 unspecified atom stereocenters. The van der Waals surface area contributed by atoms with E-state index in [0.29, 0.717) is 11.8 Å². The Bertz CT molecular complexity index is 296. The van der Waals surface area contributed by atoms with Crippen molar-refractivity contribution in [2.24, 2.45) is 4.99 Å². The highest BCUT2D eigenvalue weighted by Crippen LogP contribution is 2.16. The minimum atomic E-state index is 0.441. The molecule has 0 aliphatic rings. The summed E-state index contributed by atoms with van der Waals surface area (Å²) in [5.74, 6) is 1.13. The SMILES string of the molecule is C/N=C(/NC)Nc1nc(CCl)cs1. The number of nitrogens with zero attached hydrogens (tertiary/aromatic N) is 2. The summed E-state index contributed by atoms with van der Waals surface area (Å²) in [5.41, 5.74) is 0.876. The molecule has 1 aromatic rings. The van der Waals surface area contributed by atoms with Crippen molar-refractivity contribution in [3.63, 3.8) is 0 Å². The number of hydrogen-bond acceptors (Lipinski definition) is 3. The third-order valence-electron chi connectivity index (χ3n) is 1.37. The molecule has 4 nitrogen and oxygen atoms in total. The van der Waals surface area contributed by atoms with Gasteiger partial charge in [0.25, 0.3) is 0 Å². The molecule has 0 aliphatic carbocycles. The molecule has 1 aromatic heterocycles. The number of rotatable bonds is 2. The molecular weight excluding hydrogens is 208 g/mol. The standard InChI is InChI=1S/C7H11ClN4S/c1-9-6(10-2)12-7-11-5(3-8)4-13-7/h4H,3H2,1-2H3,(H2,9,10,11,12).